The topological polar surface area (TPSA) is 72.8 Å². The fraction of sp³-hybridized carbons (Fsp3) is 0.208. The Hall–Kier alpha value is -3.67. The van der Waals surface area contributed by atoms with E-state index >= 15 is 0 Å². The first-order valence-electron chi connectivity index (χ1n) is 10.2. The van der Waals surface area contributed by atoms with E-state index in [4.69, 9.17) is 9.84 Å². The molecule has 2 aliphatic rings. The van der Waals surface area contributed by atoms with Crippen LogP contribution in [0.1, 0.15) is 40.8 Å². The molecule has 1 unspecified atom stereocenters. The molecular weight excluding hydrogens is 376 g/mol. The van der Waals surface area contributed by atoms with Gasteiger partial charge in [-0.3, -0.25) is 4.79 Å². The highest BCUT2D eigenvalue weighted by Crippen LogP contribution is 2.56. The first-order valence-corrected chi connectivity index (χ1v) is 10.2. The SMILES string of the molecule is Cc1nn(-c2ccccc2)c2c1C1(CCCc3ccccc31)c1c(nc[nH]c1=O)O2. The summed E-state index contributed by atoms with van der Waals surface area (Å²) in [4.78, 5) is 20.3. The maximum absolute atomic E-state index is 13.1. The lowest BCUT2D eigenvalue weighted by Crippen LogP contribution is -2.41. The molecule has 2 aromatic heterocycles. The summed E-state index contributed by atoms with van der Waals surface area (Å²) >= 11 is 0. The number of H-pyrrole nitrogens is 1. The molecule has 1 spiro atoms. The number of aromatic nitrogens is 4. The van der Waals surface area contributed by atoms with Crippen molar-refractivity contribution in [1.82, 2.24) is 19.7 Å². The number of aromatic amines is 1. The Balaban J connectivity index is 1.75. The highest BCUT2D eigenvalue weighted by molar-refractivity contribution is 5.64. The van der Waals surface area contributed by atoms with E-state index < -0.39 is 5.41 Å². The number of fused-ring (bicyclic) bond motifs is 6. The van der Waals surface area contributed by atoms with Gasteiger partial charge in [0.1, 0.15) is 0 Å². The number of ether oxygens (including phenoxy) is 1. The van der Waals surface area contributed by atoms with Crippen LogP contribution in [0, 0.1) is 6.92 Å². The number of nitrogens with one attached hydrogen (secondary N) is 1. The van der Waals surface area contributed by atoms with E-state index in [2.05, 4.69) is 28.2 Å². The van der Waals surface area contributed by atoms with Crippen molar-refractivity contribution in [2.75, 3.05) is 0 Å². The lowest BCUT2D eigenvalue weighted by atomic mass is 9.62. The van der Waals surface area contributed by atoms with Crippen LogP contribution in [0.15, 0.2) is 65.7 Å². The Bertz CT molecular complexity index is 1340. The van der Waals surface area contributed by atoms with Crippen molar-refractivity contribution in [3.8, 4) is 17.4 Å². The van der Waals surface area contributed by atoms with Gasteiger partial charge in [-0.1, -0.05) is 42.5 Å². The summed E-state index contributed by atoms with van der Waals surface area (Å²) in [5.41, 5.74) is 4.94. The first-order chi connectivity index (χ1) is 14.7. The molecule has 6 nitrogen and oxygen atoms in total. The summed E-state index contributed by atoms with van der Waals surface area (Å²) < 4.78 is 8.11. The molecule has 1 aliphatic heterocycles. The summed E-state index contributed by atoms with van der Waals surface area (Å²) in [6.45, 7) is 2.00. The number of benzene rings is 2. The minimum Gasteiger partial charge on any atom is -0.420 e. The summed E-state index contributed by atoms with van der Waals surface area (Å²) in [6.07, 6.45) is 4.18. The van der Waals surface area contributed by atoms with Crippen molar-refractivity contribution in [3.63, 3.8) is 0 Å². The molecule has 148 valence electrons. The smallest absolute Gasteiger partial charge is 0.259 e. The van der Waals surface area contributed by atoms with Gasteiger partial charge in [0, 0.05) is 0 Å². The molecule has 1 N–H and O–H groups in total. The second kappa shape index (κ2) is 6.16. The molecule has 0 bridgehead atoms. The monoisotopic (exact) mass is 396 g/mol. The molecule has 6 rings (SSSR count). The average Bonchev–Trinajstić information content (AvgIpc) is 3.11. The maximum Gasteiger partial charge on any atom is 0.259 e. The fourth-order valence-electron chi connectivity index (χ4n) is 5.24. The zero-order valence-electron chi connectivity index (χ0n) is 16.6. The largest absolute Gasteiger partial charge is 0.420 e. The predicted octanol–water partition coefficient (Wildman–Crippen LogP) is 4.04. The van der Waals surface area contributed by atoms with Gasteiger partial charge in [0.05, 0.1) is 34.3 Å². The van der Waals surface area contributed by atoms with E-state index in [0.29, 0.717) is 17.3 Å². The van der Waals surface area contributed by atoms with Crippen LogP contribution in [-0.2, 0) is 11.8 Å². The fourth-order valence-corrected chi connectivity index (χ4v) is 5.24. The minimum atomic E-state index is -0.628. The summed E-state index contributed by atoms with van der Waals surface area (Å²) in [5.74, 6) is 1.00. The van der Waals surface area contributed by atoms with Crippen molar-refractivity contribution in [3.05, 3.63) is 99.2 Å². The van der Waals surface area contributed by atoms with Crippen molar-refractivity contribution >= 4 is 0 Å². The number of para-hydroxylation sites is 1. The normalized spacial score (nSPS) is 19.0. The van der Waals surface area contributed by atoms with Crippen LogP contribution in [0.2, 0.25) is 0 Å². The van der Waals surface area contributed by atoms with Gasteiger partial charge in [0.15, 0.2) is 0 Å². The quantitative estimate of drug-likeness (QED) is 0.527. The molecule has 0 radical (unpaired) electrons. The lowest BCUT2D eigenvalue weighted by Gasteiger charge is -2.41. The molecule has 4 aromatic rings. The van der Waals surface area contributed by atoms with E-state index in [9.17, 15) is 4.79 Å². The van der Waals surface area contributed by atoms with Gasteiger partial charge in [0.25, 0.3) is 5.56 Å². The third-order valence-corrected chi connectivity index (χ3v) is 6.36. The summed E-state index contributed by atoms with van der Waals surface area (Å²) in [5, 5.41) is 4.85. The van der Waals surface area contributed by atoms with E-state index in [1.54, 1.807) is 0 Å². The summed E-state index contributed by atoms with van der Waals surface area (Å²) in [7, 11) is 0. The number of nitrogens with zero attached hydrogens (tertiary/aromatic N) is 3. The molecule has 0 saturated heterocycles. The van der Waals surface area contributed by atoms with Crippen LogP contribution >= 0.6 is 0 Å². The molecular formula is C24H20N4O2. The third kappa shape index (κ3) is 2.16. The van der Waals surface area contributed by atoms with Gasteiger partial charge in [-0.25, -0.2) is 9.67 Å². The number of hydrogen-bond acceptors (Lipinski definition) is 4. The molecule has 6 heteroatoms. The Morgan fingerprint density at radius 2 is 1.87 bits per heavy atom. The van der Waals surface area contributed by atoms with Gasteiger partial charge < -0.3 is 9.72 Å². The van der Waals surface area contributed by atoms with Gasteiger partial charge >= 0.3 is 0 Å². The highest BCUT2D eigenvalue weighted by atomic mass is 16.5. The van der Waals surface area contributed by atoms with Crippen LogP contribution in [0.4, 0.5) is 0 Å². The van der Waals surface area contributed by atoms with Crippen LogP contribution in [-0.4, -0.2) is 19.7 Å². The van der Waals surface area contributed by atoms with Crippen LogP contribution < -0.4 is 10.3 Å². The highest BCUT2D eigenvalue weighted by Gasteiger charge is 2.51. The van der Waals surface area contributed by atoms with Crippen LogP contribution in [0.25, 0.3) is 5.69 Å². The van der Waals surface area contributed by atoms with E-state index in [1.165, 1.54) is 11.9 Å². The lowest BCUT2D eigenvalue weighted by molar-refractivity contribution is 0.356. The second-order valence-corrected chi connectivity index (χ2v) is 7.94. The minimum absolute atomic E-state index is 0.158. The zero-order chi connectivity index (χ0) is 20.3. The first kappa shape index (κ1) is 17.2. The second-order valence-electron chi connectivity index (χ2n) is 7.94. The molecule has 0 amide bonds. The molecule has 0 fully saturated rings. The van der Waals surface area contributed by atoms with Gasteiger partial charge in [-0.2, -0.15) is 5.10 Å². The van der Waals surface area contributed by atoms with Gasteiger partial charge in [-0.15, -0.1) is 0 Å². The van der Waals surface area contributed by atoms with Crippen molar-refractivity contribution in [2.24, 2.45) is 0 Å². The molecule has 1 aliphatic carbocycles. The Kier molecular flexibility index (Phi) is 3.53. The maximum atomic E-state index is 13.1. The van der Waals surface area contributed by atoms with Gasteiger partial charge in [0.2, 0.25) is 11.8 Å². The Labute approximate surface area is 173 Å². The van der Waals surface area contributed by atoms with Crippen molar-refractivity contribution in [1.29, 1.82) is 0 Å². The number of hydrogen-bond donors (Lipinski definition) is 1. The number of rotatable bonds is 1. The molecule has 30 heavy (non-hydrogen) atoms. The third-order valence-electron chi connectivity index (χ3n) is 6.36. The Morgan fingerprint density at radius 3 is 2.73 bits per heavy atom. The molecule has 0 saturated carbocycles. The zero-order valence-corrected chi connectivity index (χ0v) is 16.6. The average molecular weight is 396 g/mol. The van der Waals surface area contributed by atoms with E-state index in [0.717, 1.165) is 41.8 Å². The molecule has 3 heterocycles. The molecule has 2 aromatic carbocycles. The molecule has 1 atom stereocenters. The standard InChI is InChI=1S/C24H20N4O2/c1-15-19-23(28(27-15)17-10-3-2-4-11-17)30-22-20(21(29)25-14-26-22)24(19)13-7-9-16-8-5-6-12-18(16)24/h2-6,8,10-12,14H,7,9,13H2,1H3,(H,25,26,29). The van der Waals surface area contributed by atoms with Crippen LogP contribution in [0.5, 0.6) is 11.8 Å². The van der Waals surface area contributed by atoms with Crippen molar-refractivity contribution in [2.45, 2.75) is 31.6 Å². The summed E-state index contributed by atoms with van der Waals surface area (Å²) in [6, 6.07) is 18.3. The van der Waals surface area contributed by atoms with Crippen LogP contribution in [0.3, 0.4) is 0 Å². The Morgan fingerprint density at radius 1 is 1.07 bits per heavy atom. The van der Waals surface area contributed by atoms with Gasteiger partial charge in [-0.05, 0) is 49.4 Å². The van der Waals surface area contributed by atoms with Crippen molar-refractivity contribution < 1.29 is 4.74 Å². The number of aryl methyl sites for hydroxylation is 2. The van der Waals surface area contributed by atoms with E-state index in [1.807, 2.05) is 48.0 Å². The predicted molar refractivity (Wildman–Crippen MR) is 112 cm³/mol. The van der Waals surface area contributed by atoms with E-state index in [-0.39, 0.29) is 5.56 Å².